The van der Waals surface area contributed by atoms with Crippen molar-refractivity contribution in [1.29, 1.82) is 0 Å². The Balaban J connectivity index is 1.21. The molecule has 1 saturated heterocycles. The Labute approximate surface area is 238 Å². The van der Waals surface area contributed by atoms with Gasteiger partial charge in [-0.1, -0.05) is 29.3 Å². The molecular weight excluding hydrogens is 533 g/mol. The molecule has 3 fully saturated rings. The monoisotopic (exact) mass is 563 g/mol. The Morgan fingerprint density at radius 3 is 2.44 bits per heavy atom. The summed E-state index contributed by atoms with van der Waals surface area (Å²) in [6.45, 7) is 5.18. The third kappa shape index (κ3) is 4.68. The first-order chi connectivity index (χ1) is 19.0. The van der Waals surface area contributed by atoms with E-state index in [4.69, 9.17) is 28.2 Å². The van der Waals surface area contributed by atoms with Crippen LogP contribution >= 0.6 is 23.2 Å². The summed E-state index contributed by atoms with van der Waals surface area (Å²) in [4.78, 5) is 30.0. The number of piperazine rings is 1. The summed E-state index contributed by atoms with van der Waals surface area (Å²) < 4.78 is 0. The molecule has 0 radical (unpaired) electrons. The Kier molecular flexibility index (Phi) is 6.29. The van der Waals surface area contributed by atoms with Crippen molar-refractivity contribution in [3.8, 4) is 0 Å². The molecule has 3 aromatic rings. The summed E-state index contributed by atoms with van der Waals surface area (Å²) in [5.74, 6) is 1.37. The largest absolute Gasteiger partial charge is 0.369 e. The van der Waals surface area contributed by atoms with Gasteiger partial charge in [-0.25, -0.2) is 4.98 Å². The molecule has 1 amide bonds. The van der Waals surface area contributed by atoms with Gasteiger partial charge in [0, 0.05) is 49.3 Å². The van der Waals surface area contributed by atoms with Crippen molar-refractivity contribution in [2.24, 2.45) is 5.92 Å². The van der Waals surface area contributed by atoms with E-state index < -0.39 is 0 Å². The van der Waals surface area contributed by atoms with E-state index in [1.807, 2.05) is 0 Å². The first kappa shape index (κ1) is 24.9. The third-order valence-electron chi connectivity index (χ3n) is 8.03. The summed E-state index contributed by atoms with van der Waals surface area (Å²) in [5.41, 5.74) is 3.16. The number of anilines is 5. The number of benzene rings is 2. The average Bonchev–Trinajstić information content (AvgIpc) is 3.84. The van der Waals surface area contributed by atoms with Crippen LogP contribution in [0.1, 0.15) is 43.0 Å². The van der Waals surface area contributed by atoms with Gasteiger partial charge in [0.05, 0.1) is 15.7 Å². The smallest absolute Gasteiger partial charge is 0.265 e. The van der Waals surface area contributed by atoms with E-state index in [9.17, 15) is 4.79 Å². The average molecular weight is 565 g/mol. The van der Waals surface area contributed by atoms with Crippen LogP contribution in [0.2, 0.25) is 10.0 Å². The maximum absolute atomic E-state index is 14.0. The summed E-state index contributed by atoms with van der Waals surface area (Å²) in [7, 11) is 0. The SMILES string of the molecule is CC1CN(c2ccc(Nc3ncc4c(n3)N(C3CC3)[C@@H](C3CC3)N(c3c(Cl)cccc3Cl)C4=O)cc2)CCN1. The zero-order valence-electron chi connectivity index (χ0n) is 21.8. The molecule has 2 atom stereocenters. The topological polar surface area (TPSA) is 76.6 Å². The predicted molar refractivity (Wildman–Crippen MR) is 157 cm³/mol. The van der Waals surface area contributed by atoms with Crippen molar-refractivity contribution >= 4 is 57.9 Å². The number of hydrogen-bond donors (Lipinski definition) is 2. The maximum Gasteiger partial charge on any atom is 0.265 e. The molecule has 202 valence electrons. The van der Waals surface area contributed by atoms with E-state index in [0.29, 0.717) is 51.1 Å². The Bertz CT molecular complexity index is 1390. The van der Waals surface area contributed by atoms with Crippen LogP contribution in [0.25, 0.3) is 0 Å². The number of nitrogens with zero attached hydrogens (tertiary/aromatic N) is 5. The van der Waals surface area contributed by atoms with Crippen molar-refractivity contribution in [2.75, 3.05) is 39.7 Å². The number of fused-ring (bicyclic) bond motifs is 1. The quantitative estimate of drug-likeness (QED) is 0.399. The molecule has 10 heteroatoms. The molecule has 2 aliphatic carbocycles. The number of aromatic nitrogens is 2. The third-order valence-corrected chi connectivity index (χ3v) is 8.64. The van der Waals surface area contributed by atoms with E-state index in [1.54, 1.807) is 29.3 Å². The van der Waals surface area contributed by atoms with Gasteiger partial charge < -0.3 is 20.4 Å². The molecule has 2 saturated carbocycles. The van der Waals surface area contributed by atoms with Crippen molar-refractivity contribution < 1.29 is 4.79 Å². The highest BCUT2D eigenvalue weighted by atomic mass is 35.5. The van der Waals surface area contributed by atoms with Gasteiger partial charge in [-0.3, -0.25) is 9.69 Å². The number of carbonyl (C=O) groups is 1. The first-order valence-electron chi connectivity index (χ1n) is 13.8. The van der Waals surface area contributed by atoms with Gasteiger partial charge in [-0.15, -0.1) is 0 Å². The molecule has 2 aliphatic heterocycles. The molecule has 39 heavy (non-hydrogen) atoms. The zero-order chi connectivity index (χ0) is 26.7. The Hall–Kier alpha value is -3.07. The second-order valence-electron chi connectivity index (χ2n) is 11.0. The molecule has 7 rings (SSSR count). The van der Waals surface area contributed by atoms with Crippen LogP contribution in [-0.2, 0) is 0 Å². The number of hydrogen-bond acceptors (Lipinski definition) is 7. The fourth-order valence-corrected chi connectivity index (χ4v) is 6.44. The van der Waals surface area contributed by atoms with Crippen molar-refractivity contribution in [3.63, 3.8) is 0 Å². The molecule has 2 N–H and O–H groups in total. The number of amides is 1. The van der Waals surface area contributed by atoms with Crippen LogP contribution < -0.4 is 25.3 Å². The van der Waals surface area contributed by atoms with E-state index in [2.05, 4.69) is 56.6 Å². The van der Waals surface area contributed by atoms with Gasteiger partial charge in [0.2, 0.25) is 5.95 Å². The minimum atomic E-state index is -0.168. The molecule has 1 aromatic heterocycles. The minimum absolute atomic E-state index is 0.157. The van der Waals surface area contributed by atoms with Gasteiger partial charge in [0.1, 0.15) is 17.5 Å². The van der Waals surface area contributed by atoms with Crippen molar-refractivity contribution in [2.45, 2.75) is 50.9 Å². The van der Waals surface area contributed by atoms with E-state index in [0.717, 1.165) is 51.0 Å². The summed E-state index contributed by atoms with van der Waals surface area (Å²) >= 11 is 13.3. The van der Waals surface area contributed by atoms with Crippen LogP contribution in [0.15, 0.2) is 48.7 Å². The predicted octanol–water partition coefficient (Wildman–Crippen LogP) is 5.69. The second-order valence-corrected chi connectivity index (χ2v) is 11.9. The molecule has 0 spiro atoms. The lowest BCUT2D eigenvalue weighted by atomic mass is 10.1. The highest BCUT2D eigenvalue weighted by Crippen LogP contribution is 2.50. The molecule has 0 bridgehead atoms. The van der Waals surface area contributed by atoms with Crippen LogP contribution in [0, 0.1) is 5.92 Å². The summed E-state index contributed by atoms with van der Waals surface area (Å²) in [5, 5.41) is 7.79. The minimum Gasteiger partial charge on any atom is -0.369 e. The molecule has 2 aromatic carbocycles. The molecule has 8 nitrogen and oxygen atoms in total. The van der Waals surface area contributed by atoms with E-state index in [1.165, 1.54) is 5.69 Å². The fraction of sp³-hybridized carbons (Fsp3) is 0.414. The fourth-order valence-electron chi connectivity index (χ4n) is 5.86. The van der Waals surface area contributed by atoms with E-state index >= 15 is 0 Å². The number of carbonyl (C=O) groups excluding carboxylic acids is 1. The van der Waals surface area contributed by atoms with Crippen LogP contribution in [-0.4, -0.2) is 53.8 Å². The van der Waals surface area contributed by atoms with Gasteiger partial charge in [-0.2, -0.15) is 4.98 Å². The van der Waals surface area contributed by atoms with Gasteiger partial charge in [0.15, 0.2) is 0 Å². The van der Waals surface area contributed by atoms with Gasteiger partial charge in [-0.05, 0) is 74.9 Å². The number of nitrogens with one attached hydrogen (secondary N) is 2. The van der Waals surface area contributed by atoms with Crippen molar-refractivity contribution in [1.82, 2.24) is 15.3 Å². The number of rotatable bonds is 6. The lowest BCUT2D eigenvalue weighted by Gasteiger charge is -2.45. The highest BCUT2D eigenvalue weighted by Gasteiger charge is 2.52. The first-order valence-corrected chi connectivity index (χ1v) is 14.5. The lowest BCUT2D eigenvalue weighted by molar-refractivity contribution is 0.0963. The molecule has 3 heterocycles. The number of para-hydroxylation sites is 1. The highest BCUT2D eigenvalue weighted by molar-refractivity contribution is 6.40. The van der Waals surface area contributed by atoms with Crippen LogP contribution in [0.3, 0.4) is 0 Å². The standard InChI is InChI=1S/C29H31Cl2N7O/c1-17-16-36(14-13-32-17)20-9-7-19(8-10-20)34-29-33-15-22-26(35-29)37(21-11-12-21)27(18-5-6-18)38(28(22)39)25-23(30)3-2-4-24(25)31/h2-4,7-10,15,17-18,21,27,32H,5-6,11-14,16H2,1H3,(H,33,34,35)/t17?,27-/m1/s1. The van der Waals surface area contributed by atoms with Gasteiger partial charge >= 0.3 is 0 Å². The maximum atomic E-state index is 14.0. The second kappa shape index (κ2) is 9.84. The Morgan fingerprint density at radius 1 is 1.03 bits per heavy atom. The molecule has 1 unspecified atom stereocenters. The Morgan fingerprint density at radius 2 is 1.77 bits per heavy atom. The van der Waals surface area contributed by atoms with Crippen molar-refractivity contribution in [3.05, 3.63) is 64.3 Å². The summed E-state index contributed by atoms with van der Waals surface area (Å²) in [6, 6.07) is 14.6. The number of halogens is 2. The van der Waals surface area contributed by atoms with Crippen LogP contribution in [0.4, 0.5) is 28.8 Å². The van der Waals surface area contributed by atoms with Crippen LogP contribution in [0.5, 0.6) is 0 Å². The zero-order valence-corrected chi connectivity index (χ0v) is 23.3. The normalized spacial score (nSPS) is 23.2. The molecular formula is C29H31Cl2N7O. The summed E-state index contributed by atoms with van der Waals surface area (Å²) in [6.07, 6.45) is 5.73. The van der Waals surface area contributed by atoms with Gasteiger partial charge in [0.25, 0.3) is 5.91 Å². The lowest BCUT2D eigenvalue weighted by Crippen LogP contribution is -2.58. The molecule has 4 aliphatic rings. The van der Waals surface area contributed by atoms with E-state index in [-0.39, 0.29) is 12.1 Å².